The molecule has 0 spiro atoms. The fourth-order valence-corrected chi connectivity index (χ4v) is 3.59. The van der Waals surface area contributed by atoms with Crippen molar-refractivity contribution in [1.29, 1.82) is 0 Å². The van der Waals surface area contributed by atoms with E-state index in [1.165, 1.54) is 22.2 Å². The maximum Gasteiger partial charge on any atom is 0.283 e. The Kier molecular flexibility index (Phi) is 11.1. The second kappa shape index (κ2) is 12.7. The molecule has 1 aliphatic carbocycles. The molecule has 0 fully saturated rings. The zero-order valence-corrected chi connectivity index (χ0v) is 20.3. The van der Waals surface area contributed by atoms with Gasteiger partial charge in [0.05, 0.1) is 0 Å². The molecule has 1 radical (unpaired) electrons. The maximum absolute atomic E-state index is 4.08. The van der Waals surface area contributed by atoms with Crippen molar-refractivity contribution >= 4 is 34.5 Å². The van der Waals surface area contributed by atoms with E-state index < -0.39 is 0 Å². The van der Waals surface area contributed by atoms with Crippen LogP contribution in [0.1, 0.15) is 13.8 Å². The van der Waals surface area contributed by atoms with E-state index in [2.05, 4.69) is 112 Å². The fourth-order valence-electron chi connectivity index (χ4n) is 3.43. The Balaban J connectivity index is 3.77. The van der Waals surface area contributed by atoms with Gasteiger partial charge in [-0.15, -0.1) is 22.4 Å². The highest BCUT2D eigenvalue weighted by Crippen LogP contribution is 2.45. The second-order valence-electron chi connectivity index (χ2n) is 6.64. The lowest BCUT2D eigenvalue weighted by Crippen LogP contribution is -2.34. The van der Waals surface area contributed by atoms with Gasteiger partial charge in [0.15, 0.2) is 0 Å². The summed E-state index contributed by atoms with van der Waals surface area (Å²) in [6, 6.07) is 0. The molecular formula is C25H31B2IN. The van der Waals surface area contributed by atoms with Crippen LogP contribution in [0, 0.1) is 5.92 Å². The number of hydrogen-bond donors (Lipinski definition) is 0. The molecule has 29 heavy (non-hydrogen) atoms. The van der Waals surface area contributed by atoms with Crippen LogP contribution >= 0.6 is 22.4 Å². The molecule has 1 atom stereocenters. The molecule has 4 heteroatoms. The van der Waals surface area contributed by atoms with E-state index in [0.717, 1.165) is 11.1 Å². The predicted octanol–water partition coefficient (Wildman–Crippen LogP) is 7.02. The Hall–Kier alpha value is -1.78. The summed E-state index contributed by atoms with van der Waals surface area (Å²) in [5.41, 5.74) is 6.99. The van der Waals surface area contributed by atoms with Crippen LogP contribution in [0.5, 0.6) is 0 Å². The van der Waals surface area contributed by atoms with Gasteiger partial charge in [0, 0.05) is 5.92 Å². The molecule has 0 aromatic heterocycles. The molecule has 149 valence electrons. The summed E-state index contributed by atoms with van der Waals surface area (Å²) in [7, 11) is 4.30. The van der Waals surface area contributed by atoms with Gasteiger partial charge in [0.25, 0.3) is 4.70 Å². The third-order valence-electron chi connectivity index (χ3n) is 4.86. The molecule has 0 N–H and O–H groups in total. The van der Waals surface area contributed by atoms with Crippen LogP contribution in [0.3, 0.4) is 0 Å². The predicted molar refractivity (Wildman–Crippen MR) is 143 cm³/mol. The van der Waals surface area contributed by atoms with Crippen molar-refractivity contribution in [1.82, 2.24) is 4.72 Å². The van der Waals surface area contributed by atoms with Gasteiger partial charge >= 0.3 is 0 Å². The number of halogens is 1. The van der Waals surface area contributed by atoms with Crippen molar-refractivity contribution in [2.75, 3.05) is 7.05 Å². The molecule has 1 unspecified atom stereocenters. The Morgan fingerprint density at radius 2 is 1.62 bits per heavy atom. The molecule has 0 saturated heterocycles. The zero-order valence-electron chi connectivity index (χ0n) is 18.2. The Labute approximate surface area is 192 Å². The summed E-state index contributed by atoms with van der Waals surface area (Å²) >= 11 is 2.42. The molecule has 0 heterocycles. The summed E-state index contributed by atoms with van der Waals surface area (Å²) < 4.78 is 2.59. The highest BCUT2D eigenvalue weighted by molar-refractivity contribution is 14.1. The molecule has 0 saturated carbocycles. The molecule has 0 aromatic rings. The molecule has 0 amide bonds. The number of allylic oxidation sites excluding steroid dienone is 16. The van der Waals surface area contributed by atoms with Gasteiger partial charge in [0.1, 0.15) is 0 Å². The smallest absolute Gasteiger partial charge is 0.283 e. The molecule has 1 nitrogen and oxygen atoms in total. The highest BCUT2D eigenvalue weighted by Gasteiger charge is 2.33. The number of rotatable bonds is 11. The second-order valence-corrected chi connectivity index (χ2v) is 8.45. The lowest BCUT2D eigenvalue weighted by atomic mass is 9.65. The van der Waals surface area contributed by atoms with Crippen LogP contribution in [0.15, 0.2) is 120 Å². The van der Waals surface area contributed by atoms with Crippen molar-refractivity contribution in [3.63, 3.8) is 0 Å². The van der Waals surface area contributed by atoms with Crippen molar-refractivity contribution < 1.29 is 0 Å². The maximum atomic E-state index is 4.08. The van der Waals surface area contributed by atoms with Gasteiger partial charge in [-0.3, -0.25) is 0 Å². The van der Waals surface area contributed by atoms with Crippen LogP contribution in [0.25, 0.3) is 0 Å². The summed E-state index contributed by atoms with van der Waals surface area (Å²) in [6.07, 6.45) is 20.2. The van der Waals surface area contributed by atoms with Gasteiger partial charge in [-0.1, -0.05) is 99.4 Å². The largest absolute Gasteiger partial charge is 0.378 e. The third-order valence-corrected chi connectivity index (χ3v) is 5.74. The minimum atomic E-state index is 0.0572. The summed E-state index contributed by atoms with van der Waals surface area (Å²) in [4.78, 5) is 0. The van der Waals surface area contributed by atoms with Crippen molar-refractivity contribution in [2.45, 2.75) is 20.7 Å². The minimum Gasteiger partial charge on any atom is -0.378 e. The Morgan fingerprint density at radius 1 is 1.03 bits per heavy atom. The first-order valence-corrected chi connectivity index (χ1v) is 11.0. The Bertz CT molecular complexity index is 835. The third kappa shape index (κ3) is 6.10. The van der Waals surface area contributed by atoms with Crippen molar-refractivity contribution in [3.05, 3.63) is 120 Å². The number of nitrogens with zero attached hydrogens (tertiary/aromatic N) is 1. The average molecular weight is 494 g/mol. The number of hydrogen-bond acceptors (Lipinski definition) is 1. The SMILES string of the molecule is C=C/C=C\C1=C(C=C)C(C=C)=C(/C=C\C)C1C(=C/C=C)/C([B]N(C)B(C)I)=C\C. The minimum absolute atomic E-state index is 0.0572. The lowest BCUT2D eigenvalue weighted by Gasteiger charge is -2.26. The van der Waals surface area contributed by atoms with E-state index in [1.807, 2.05) is 31.2 Å². The first-order valence-electron chi connectivity index (χ1n) is 9.77. The van der Waals surface area contributed by atoms with Crippen LogP contribution in [-0.2, 0) is 0 Å². The standard InChI is InChI=1S/C25H31B2IN/c1-9-15-18-22-20(13-5)19(12-4)21(16-10-2)25(22)23(17-11-3)24(14-6)26-29(8)27(7)28/h9-18,25H,1,3-5H2,2,6-8H3/b16-10-,18-15-,23-17+,24-14+. The van der Waals surface area contributed by atoms with Crippen LogP contribution < -0.4 is 0 Å². The van der Waals surface area contributed by atoms with E-state index in [1.54, 1.807) is 6.08 Å². The van der Waals surface area contributed by atoms with Gasteiger partial charge in [0.2, 0.25) is 7.41 Å². The summed E-state index contributed by atoms with van der Waals surface area (Å²) in [5, 5.41) is 0. The van der Waals surface area contributed by atoms with Gasteiger partial charge in [-0.05, 0) is 48.8 Å². The van der Waals surface area contributed by atoms with Gasteiger partial charge in [-0.2, -0.15) is 0 Å². The quantitative estimate of drug-likeness (QED) is 0.170. The molecule has 1 rings (SSSR count). The molecule has 0 aliphatic heterocycles. The van der Waals surface area contributed by atoms with E-state index in [9.17, 15) is 0 Å². The van der Waals surface area contributed by atoms with Crippen molar-refractivity contribution in [2.24, 2.45) is 5.92 Å². The van der Waals surface area contributed by atoms with E-state index in [-0.39, 0.29) is 5.92 Å². The molecule has 0 aromatic carbocycles. The molecule has 0 bridgehead atoms. The van der Waals surface area contributed by atoms with Crippen molar-refractivity contribution in [3.8, 4) is 0 Å². The van der Waals surface area contributed by atoms with Crippen LogP contribution in [0.2, 0.25) is 6.82 Å². The lowest BCUT2D eigenvalue weighted by molar-refractivity contribution is 0.843. The monoisotopic (exact) mass is 494 g/mol. The normalized spacial score (nSPS) is 18.2. The van der Waals surface area contributed by atoms with E-state index in [0.29, 0.717) is 4.70 Å². The highest BCUT2D eigenvalue weighted by atomic mass is 127. The van der Waals surface area contributed by atoms with Crippen LogP contribution in [-0.4, -0.2) is 23.9 Å². The first-order chi connectivity index (χ1) is 13.9. The van der Waals surface area contributed by atoms with E-state index >= 15 is 0 Å². The van der Waals surface area contributed by atoms with Crippen LogP contribution in [0.4, 0.5) is 0 Å². The summed E-state index contributed by atoms with van der Waals surface area (Å²) in [5.74, 6) is 0.0572. The zero-order chi connectivity index (χ0) is 22.0. The summed E-state index contributed by atoms with van der Waals surface area (Å²) in [6.45, 7) is 22.3. The Morgan fingerprint density at radius 3 is 2.03 bits per heavy atom. The fraction of sp³-hybridized carbons (Fsp3) is 0.200. The first kappa shape index (κ1) is 25.3. The topological polar surface area (TPSA) is 3.24 Å². The van der Waals surface area contributed by atoms with E-state index in [4.69, 9.17) is 0 Å². The van der Waals surface area contributed by atoms with Gasteiger partial charge in [-0.25, -0.2) is 0 Å². The average Bonchev–Trinajstić information content (AvgIpc) is 3.00. The van der Waals surface area contributed by atoms with Gasteiger partial charge < -0.3 is 4.72 Å². The molecule has 1 aliphatic rings. The molecular weight excluding hydrogens is 463 g/mol.